The van der Waals surface area contributed by atoms with Crippen molar-refractivity contribution in [2.24, 2.45) is 0 Å². The fraction of sp³-hybridized carbons (Fsp3) is 0.300. The van der Waals surface area contributed by atoms with Crippen molar-refractivity contribution >= 4 is 34.8 Å². The molecule has 9 nitrogen and oxygen atoms in total. The van der Waals surface area contributed by atoms with Crippen molar-refractivity contribution in [2.75, 3.05) is 13.6 Å². The Morgan fingerprint density at radius 1 is 1.35 bits per heavy atom. The number of carbonyl (C=O) groups excluding carboxylic acids is 2. The van der Waals surface area contributed by atoms with Gasteiger partial charge in [0.15, 0.2) is 5.82 Å². The fourth-order valence-electron chi connectivity index (χ4n) is 2.91. The zero-order valence-electron chi connectivity index (χ0n) is 18.0. The number of benzene rings is 1. The molecule has 0 aliphatic carbocycles. The molecule has 3 aromatic rings. The van der Waals surface area contributed by atoms with Crippen LogP contribution in [0, 0.1) is 18.3 Å². The van der Waals surface area contributed by atoms with Crippen molar-refractivity contribution in [3.8, 4) is 11.2 Å². The molecule has 1 aromatic carbocycles. The molecule has 0 saturated heterocycles. The number of thiazole rings is 1. The van der Waals surface area contributed by atoms with Crippen LogP contribution in [0.2, 0.25) is 5.02 Å². The lowest BCUT2D eigenvalue weighted by atomic mass is 10.1. The quantitative estimate of drug-likeness (QED) is 0.503. The Morgan fingerprint density at radius 2 is 2.06 bits per heavy atom. The van der Waals surface area contributed by atoms with Crippen LogP contribution < -0.4 is 5.32 Å². The van der Waals surface area contributed by atoms with E-state index in [1.807, 2.05) is 6.07 Å². The van der Waals surface area contributed by atoms with Gasteiger partial charge in [0.1, 0.15) is 17.2 Å². The number of alkyl halides is 3. The largest absolute Gasteiger partial charge is 0.416 e. The van der Waals surface area contributed by atoms with Crippen molar-refractivity contribution in [1.29, 1.82) is 5.26 Å². The standard InChI is InChI=1S/C20H17ClF3N7O2S/c1-10(27-17(32)12-6-13(20(22,23)24)8-14(21)7-12)16-28-11(2)29-31(16)19-26-9-15(34-19)18(33)30(3)5-4-25/h6-10H,5H2,1-3H3,(H,27,32)/t10-/m0/s1. The predicted molar refractivity (Wildman–Crippen MR) is 117 cm³/mol. The van der Waals surface area contributed by atoms with Gasteiger partial charge in [-0.2, -0.15) is 23.1 Å². The molecular formula is C20H17ClF3N7O2S. The zero-order chi connectivity index (χ0) is 25.2. The maximum atomic E-state index is 13.1. The van der Waals surface area contributed by atoms with Crippen LogP contribution in [0.1, 0.15) is 50.2 Å². The number of halogens is 4. The molecule has 178 valence electrons. The average Bonchev–Trinajstić information content (AvgIpc) is 3.39. The minimum atomic E-state index is -4.66. The molecule has 0 spiro atoms. The summed E-state index contributed by atoms with van der Waals surface area (Å²) >= 11 is 6.78. The summed E-state index contributed by atoms with van der Waals surface area (Å²) in [5.74, 6) is -0.585. The van der Waals surface area contributed by atoms with Crippen LogP contribution in [0.25, 0.3) is 5.13 Å². The first-order chi connectivity index (χ1) is 15.9. The summed E-state index contributed by atoms with van der Waals surface area (Å²) in [7, 11) is 1.48. The number of aryl methyl sites for hydroxylation is 1. The van der Waals surface area contributed by atoms with Crippen molar-refractivity contribution in [3.05, 3.63) is 57.1 Å². The summed E-state index contributed by atoms with van der Waals surface area (Å²) in [5, 5.41) is 15.7. The van der Waals surface area contributed by atoms with Gasteiger partial charge in [0.2, 0.25) is 5.13 Å². The van der Waals surface area contributed by atoms with Crippen molar-refractivity contribution < 1.29 is 22.8 Å². The van der Waals surface area contributed by atoms with Gasteiger partial charge in [-0.1, -0.05) is 22.9 Å². The Morgan fingerprint density at radius 3 is 2.71 bits per heavy atom. The van der Waals surface area contributed by atoms with E-state index in [1.54, 1.807) is 13.8 Å². The third-order valence-electron chi connectivity index (χ3n) is 4.50. The highest BCUT2D eigenvalue weighted by molar-refractivity contribution is 7.16. The van der Waals surface area contributed by atoms with E-state index in [4.69, 9.17) is 16.9 Å². The Kier molecular flexibility index (Phi) is 7.23. The first-order valence-electron chi connectivity index (χ1n) is 9.61. The summed E-state index contributed by atoms with van der Waals surface area (Å²) in [6.45, 7) is 3.09. The van der Waals surface area contributed by atoms with E-state index in [1.165, 1.54) is 22.8 Å². The van der Waals surface area contributed by atoms with Gasteiger partial charge >= 0.3 is 6.18 Å². The number of hydrogen-bond donors (Lipinski definition) is 1. The smallest absolute Gasteiger partial charge is 0.342 e. The lowest BCUT2D eigenvalue weighted by Gasteiger charge is -2.15. The number of hydrogen-bond acceptors (Lipinski definition) is 7. The zero-order valence-corrected chi connectivity index (χ0v) is 19.6. The van der Waals surface area contributed by atoms with Crippen LogP contribution >= 0.6 is 22.9 Å². The van der Waals surface area contributed by atoms with Gasteiger partial charge in [0.05, 0.1) is 23.9 Å². The van der Waals surface area contributed by atoms with E-state index >= 15 is 0 Å². The second-order valence-electron chi connectivity index (χ2n) is 7.18. The molecule has 0 unspecified atom stereocenters. The maximum absolute atomic E-state index is 13.1. The molecule has 2 amide bonds. The molecule has 0 aliphatic rings. The number of nitriles is 1. The molecule has 2 heterocycles. The SMILES string of the molecule is Cc1nc([C@H](C)NC(=O)c2cc(Cl)cc(C(F)(F)F)c2)n(-c2ncc(C(=O)N(C)CC#N)s2)n1. The molecule has 2 aromatic heterocycles. The summed E-state index contributed by atoms with van der Waals surface area (Å²) in [6.07, 6.45) is -3.32. The van der Waals surface area contributed by atoms with Crippen LogP contribution in [0.15, 0.2) is 24.4 Å². The first-order valence-corrected chi connectivity index (χ1v) is 10.8. The summed E-state index contributed by atoms with van der Waals surface area (Å²) in [5.41, 5.74) is -1.31. The molecule has 3 rings (SSSR count). The number of amides is 2. The van der Waals surface area contributed by atoms with Crippen LogP contribution in [0.3, 0.4) is 0 Å². The van der Waals surface area contributed by atoms with Gasteiger partial charge < -0.3 is 10.2 Å². The lowest BCUT2D eigenvalue weighted by Crippen LogP contribution is -2.29. The van der Waals surface area contributed by atoms with E-state index in [0.29, 0.717) is 11.9 Å². The molecule has 14 heteroatoms. The Bertz CT molecular complexity index is 1280. The highest BCUT2D eigenvalue weighted by Gasteiger charge is 2.32. The third kappa shape index (κ3) is 5.52. The van der Waals surface area contributed by atoms with E-state index in [-0.39, 0.29) is 33.0 Å². The van der Waals surface area contributed by atoms with E-state index in [9.17, 15) is 22.8 Å². The summed E-state index contributed by atoms with van der Waals surface area (Å²) < 4.78 is 40.6. The Hall–Kier alpha value is -3.50. The second-order valence-corrected chi connectivity index (χ2v) is 8.62. The minimum Gasteiger partial charge on any atom is -0.342 e. The molecule has 0 radical (unpaired) electrons. The monoisotopic (exact) mass is 511 g/mol. The Labute approximate surface area is 200 Å². The minimum absolute atomic E-state index is 0.0949. The molecule has 0 aliphatic heterocycles. The van der Waals surface area contributed by atoms with Crippen LogP contribution in [-0.2, 0) is 6.18 Å². The van der Waals surface area contributed by atoms with Gasteiger partial charge in [-0.3, -0.25) is 9.59 Å². The number of nitrogens with zero attached hydrogens (tertiary/aromatic N) is 6. The van der Waals surface area contributed by atoms with Gasteiger partial charge in [-0.15, -0.1) is 5.10 Å². The molecule has 1 atom stereocenters. The van der Waals surface area contributed by atoms with E-state index in [2.05, 4.69) is 20.4 Å². The van der Waals surface area contributed by atoms with Crippen LogP contribution in [0.5, 0.6) is 0 Å². The van der Waals surface area contributed by atoms with Gasteiger partial charge in [-0.05, 0) is 32.0 Å². The van der Waals surface area contributed by atoms with E-state index < -0.39 is 29.6 Å². The molecule has 1 N–H and O–H groups in total. The Balaban J connectivity index is 1.85. The lowest BCUT2D eigenvalue weighted by molar-refractivity contribution is -0.137. The van der Waals surface area contributed by atoms with Crippen LogP contribution in [0.4, 0.5) is 13.2 Å². The first kappa shape index (κ1) is 25.1. The van der Waals surface area contributed by atoms with Crippen molar-refractivity contribution in [1.82, 2.24) is 30.0 Å². The molecule has 0 bridgehead atoms. The molecular weight excluding hydrogens is 495 g/mol. The highest BCUT2D eigenvalue weighted by atomic mass is 35.5. The topological polar surface area (TPSA) is 117 Å². The summed E-state index contributed by atoms with van der Waals surface area (Å²) in [6, 6.07) is 3.67. The van der Waals surface area contributed by atoms with Gasteiger partial charge in [-0.25, -0.2) is 9.97 Å². The summed E-state index contributed by atoms with van der Waals surface area (Å²) in [4.78, 5) is 35.0. The highest BCUT2D eigenvalue weighted by Crippen LogP contribution is 2.32. The third-order valence-corrected chi connectivity index (χ3v) is 5.68. The van der Waals surface area contributed by atoms with Gasteiger partial charge in [0.25, 0.3) is 11.8 Å². The van der Waals surface area contributed by atoms with Crippen molar-refractivity contribution in [2.45, 2.75) is 26.1 Å². The van der Waals surface area contributed by atoms with E-state index in [0.717, 1.165) is 23.5 Å². The normalized spacial score (nSPS) is 12.2. The average molecular weight is 512 g/mol. The molecule has 0 saturated carbocycles. The molecule has 0 fully saturated rings. The van der Waals surface area contributed by atoms with Crippen LogP contribution in [-0.4, -0.2) is 50.1 Å². The maximum Gasteiger partial charge on any atom is 0.416 e. The number of aromatic nitrogens is 4. The van der Waals surface area contributed by atoms with Gasteiger partial charge in [0, 0.05) is 17.6 Å². The number of rotatable bonds is 6. The predicted octanol–water partition coefficient (Wildman–Crippen LogP) is 3.79. The van der Waals surface area contributed by atoms with Crippen molar-refractivity contribution in [3.63, 3.8) is 0 Å². The second kappa shape index (κ2) is 9.78. The molecule has 34 heavy (non-hydrogen) atoms. The number of nitrogens with one attached hydrogen (secondary N) is 1. The fourth-order valence-corrected chi connectivity index (χ4v) is 4.02. The number of carbonyl (C=O) groups is 2.